The van der Waals surface area contributed by atoms with Crippen LogP contribution in [0.3, 0.4) is 0 Å². The van der Waals surface area contributed by atoms with Crippen molar-refractivity contribution in [2.75, 3.05) is 19.3 Å². The van der Waals surface area contributed by atoms with E-state index in [4.69, 9.17) is 4.52 Å². The third-order valence-electron chi connectivity index (χ3n) is 4.50. The summed E-state index contributed by atoms with van der Waals surface area (Å²) < 4.78 is 29.0. The van der Waals surface area contributed by atoms with Gasteiger partial charge in [0.1, 0.15) is 0 Å². The number of amides is 1. The van der Waals surface area contributed by atoms with Crippen LogP contribution in [0.25, 0.3) is 0 Å². The summed E-state index contributed by atoms with van der Waals surface area (Å²) in [6, 6.07) is 4.90. The predicted octanol–water partition coefficient (Wildman–Crippen LogP) is 2.06. The fourth-order valence-corrected chi connectivity index (χ4v) is 4.04. The molecule has 0 spiro atoms. The average Bonchev–Trinajstić information content (AvgIpc) is 3.10. The Hall–Kier alpha value is -2.22. The Kier molecular flexibility index (Phi) is 4.89. The van der Waals surface area contributed by atoms with E-state index in [2.05, 4.69) is 10.1 Å². The summed E-state index contributed by atoms with van der Waals surface area (Å²) in [5.74, 6) is 0.107. The number of carbonyl (C=O) groups is 1. The molecule has 0 aromatic carbocycles. The van der Waals surface area contributed by atoms with Crippen molar-refractivity contribution in [3.63, 3.8) is 0 Å². The molecule has 1 aliphatic rings. The Morgan fingerprint density at radius 1 is 1.36 bits per heavy atom. The molecule has 3 rings (SSSR count). The summed E-state index contributed by atoms with van der Waals surface area (Å²) >= 11 is 0. The van der Waals surface area contributed by atoms with Gasteiger partial charge in [-0.1, -0.05) is 12.1 Å². The van der Waals surface area contributed by atoms with E-state index in [-0.39, 0.29) is 22.5 Å². The zero-order valence-electron chi connectivity index (χ0n) is 14.3. The van der Waals surface area contributed by atoms with Crippen LogP contribution in [-0.2, 0) is 16.3 Å². The van der Waals surface area contributed by atoms with Crippen molar-refractivity contribution in [3.05, 3.63) is 41.5 Å². The van der Waals surface area contributed by atoms with Gasteiger partial charge in [-0.3, -0.25) is 9.78 Å². The van der Waals surface area contributed by atoms with Crippen LogP contribution in [-0.4, -0.2) is 48.7 Å². The highest BCUT2D eigenvalue weighted by Crippen LogP contribution is 2.31. The minimum absolute atomic E-state index is 0.0240. The first-order valence-electron chi connectivity index (χ1n) is 8.30. The van der Waals surface area contributed by atoms with Gasteiger partial charge in [0.2, 0.25) is 5.76 Å². The molecule has 1 saturated heterocycles. The monoisotopic (exact) mass is 363 g/mol. The van der Waals surface area contributed by atoms with Crippen molar-refractivity contribution in [1.82, 2.24) is 15.0 Å². The number of rotatable bonds is 4. The van der Waals surface area contributed by atoms with Crippen LogP contribution in [0, 0.1) is 0 Å². The highest BCUT2D eigenvalue weighted by molar-refractivity contribution is 7.90. The quantitative estimate of drug-likeness (QED) is 0.825. The third-order valence-corrected chi connectivity index (χ3v) is 5.64. The predicted molar refractivity (Wildman–Crippen MR) is 91.1 cm³/mol. The van der Waals surface area contributed by atoms with Crippen molar-refractivity contribution in [3.8, 4) is 0 Å². The minimum Gasteiger partial charge on any atom is -0.351 e. The molecule has 134 valence electrons. The van der Waals surface area contributed by atoms with Crippen molar-refractivity contribution in [2.45, 2.75) is 37.0 Å². The van der Waals surface area contributed by atoms with E-state index < -0.39 is 9.84 Å². The molecule has 0 aliphatic carbocycles. The number of hydrogen-bond acceptors (Lipinski definition) is 6. The number of piperidine rings is 1. The lowest BCUT2D eigenvalue weighted by Gasteiger charge is -2.31. The molecule has 8 heteroatoms. The van der Waals surface area contributed by atoms with Gasteiger partial charge >= 0.3 is 0 Å². The number of aromatic nitrogens is 2. The molecule has 0 N–H and O–H groups in total. The van der Waals surface area contributed by atoms with E-state index in [9.17, 15) is 13.2 Å². The van der Waals surface area contributed by atoms with Crippen molar-refractivity contribution >= 4 is 15.7 Å². The highest BCUT2D eigenvalue weighted by atomic mass is 32.2. The Balaban J connectivity index is 1.71. The topological polar surface area (TPSA) is 93.4 Å². The summed E-state index contributed by atoms with van der Waals surface area (Å²) in [6.45, 7) is 3.01. The summed E-state index contributed by atoms with van der Waals surface area (Å²) in [7, 11) is -3.32. The largest absolute Gasteiger partial charge is 0.351 e. The van der Waals surface area contributed by atoms with E-state index in [0.717, 1.165) is 5.69 Å². The first kappa shape index (κ1) is 17.6. The summed E-state index contributed by atoms with van der Waals surface area (Å²) in [5.41, 5.74) is 1.36. The Bertz CT molecular complexity index is 868. The Morgan fingerprint density at radius 2 is 2.08 bits per heavy atom. The summed E-state index contributed by atoms with van der Waals surface area (Å²) in [5, 5.41) is 3.85. The normalized spacial score (nSPS) is 16.2. The van der Waals surface area contributed by atoms with Gasteiger partial charge in [-0.05, 0) is 31.4 Å². The van der Waals surface area contributed by atoms with Gasteiger partial charge in [-0.15, -0.1) is 0 Å². The van der Waals surface area contributed by atoms with E-state index in [1.165, 1.54) is 6.26 Å². The van der Waals surface area contributed by atoms with Crippen molar-refractivity contribution < 1.29 is 17.7 Å². The molecule has 0 bridgehead atoms. The first-order valence-corrected chi connectivity index (χ1v) is 10.2. The first-order chi connectivity index (χ1) is 11.9. The summed E-state index contributed by atoms with van der Waals surface area (Å²) in [6.07, 6.45) is 4.86. The molecular formula is C17H21N3O4S. The lowest BCUT2D eigenvalue weighted by atomic mass is 9.93. The average molecular weight is 363 g/mol. The Morgan fingerprint density at radius 3 is 2.68 bits per heavy atom. The number of nitrogens with zero attached hydrogens (tertiary/aromatic N) is 3. The smallest absolute Gasteiger partial charge is 0.292 e. The fraction of sp³-hybridized carbons (Fsp3) is 0.471. The SMILES string of the molecule is CCc1cc(C(=O)N2CCC(c3ncccc3S(C)(=O)=O)CC2)on1. The number of carbonyl (C=O) groups excluding carboxylic acids is 1. The molecule has 25 heavy (non-hydrogen) atoms. The van der Waals surface area contributed by atoms with Gasteiger partial charge in [-0.25, -0.2) is 8.42 Å². The Labute approximate surface area is 146 Å². The molecule has 0 saturated carbocycles. The maximum atomic E-state index is 12.5. The highest BCUT2D eigenvalue weighted by Gasteiger charge is 2.29. The zero-order valence-corrected chi connectivity index (χ0v) is 15.1. The molecule has 2 aromatic heterocycles. The van der Waals surface area contributed by atoms with E-state index >= 15 is 0 Å². The van der Waals surface area contributed by atoms with Crippen LogP contribution in [0.1, 0.15) is 47.6 Å². The summed E-state index contributed by atoms with van der Waals surface area (Å²) in [4.78, 5) is 18.8. The molecule has 7 nitrogen and oxygen atoms in total. The van der Waals surface area contributed by atoms with Gasteiger partial charge in [0.15, 0.2) is 9.84 Å². The van der Waals surface area contributed by atoms with E-state index in [0.29, 0.717) is 38.0 Å². The van der Waals surface area contributed by atoms with Crippen LogP contribution < -0.4 is 0 Å². The van der Waals surface area contributed by atoms with E-state index in [1.807, 2.05) is 6.92 Å². The van der Waals surface area contributed by atoms with Crippen LogP contribution in [0.2, 0.25) is 0 Å². The van der Waals surface area contributed by atoms with Crippen LogP contribution in [0.15, 0.2) is 33.8 Å². The minimum atomic E-state index is -3.32. The van der Waals surface area contributed by atoms with Gasteiger partial charge < -0.3 is 9.42 Å². The van der Waals surface area contributed by atoms with Gasteiger partial charge in [0.05, 0.1) is 16.3 Å². The number of likely N-dealkylation sites (tertiary alicyclic amines) is 1. The second kappa shape index (κ2) is 6.95. The lowest BCUT2D eigenvalue weighted by Crippen LogP contribution is -2.38. The third kappa shape index (κ3) is 3.73. The number of hydrogen-bond donors (Lipinski definition) is 0. The zero-order chi connectivity index (χ0) is 18.0. The fourth-order valence-electron chi connectivity index (χ4n) is 3.11. The van der Waals surface area contributed by atoms with Crippen LogP contribution >= 0.6 is 0 Å². The number of sulfone groups is 1. The molecule has 0 radical (unpaired) electrons. The second-order valence-electron chi connectivity index (χ2n) is 6.26. The molecule has 1 fully saturated rings. The van der Waals surface area contributed by atoms with Crippen molar-refractivity contribution in [1.29, 1.82) is 0 Å². The molecule has 0 unspecified atom stereocenters. The number of pyridine rings is 1. The molecule has 3 heterocycles. The molecule has 2 aromatic rings. The molecule has 1 aliphatic heterocycles. The van der Waals surface area contributed by atoms with Crippen LogP contribution in [0.5, 0.6) is 0 Å². The standard InChI is InChI=1S/C17H21N3O4S/c1-3-13-11-14(24-19-13)17(21)20-9-6-12(7-10-20)16-15(25(2,22)23)5-4-8-18-16/h4-5,8,11-12H,3,6-7,9-10H2,1-2H3. The molecule has 0 atom stereocenters. The van der Waals surface area contributed by atoms with Gasteiger partial charge in [-0.2, -0.15) is 0 Å². The maximum Gasteiger partial charge on any atom is 0.292 e. The second-order valence-corrected chi connectivity index (χ2v) is 8.25. The molecule has 1 amide bonds. The van der Waals surface area contributed by atoms with Crippen LogP contribution in [0.4, 0.5) is 0 Å². The van der Waals surface area contributed by atoms with Gasteiger partial charge in [0.25, 0.3) is 5.91 Å². The number of aryl methyl sites for hydroxylation is 1. The lowest BCUT2D eigenvalue weighted by molar-refractivity contribution is 0.0669. The van der Waals surface area contributed by atoms with E-state index in [1.54, 1.807) is 29.3 Å². The van der Waals surface area contributed by atoms with Gasteiger partial charge in [0, 0.05) is 37.5 Å². The maximum absolute atomic E-state index is 12.5. The molecular weight excluding hydrogens is 342 g/mol. The van der Waals surface area contributed by atoms with Crippen molar-refractivity contribution in [2.24, 2.45) is 0 Å².